The van der Waals surface area contributed by atoms with E-state index in [0.29, 0.717) is 74.9 Å². The number of carbonyl (C=O) groups is 3. The van der Waals surface area contributed by atoms with E-state index in [-0.39, 0.29) is 55.1 Å². The third-order valence-electron chi connectivity index (χ3n) is 16.5. The van der Waals surface area contributed by atoms with Crippen molar-refractivity contribution >= 4 is 17.7 Å². The topological polar surface area (TPSA) is 211 Å². The van der Waals surface area contributed by atoms with Gasteiger partial charge in [0.25, 0.3) is 11.7 Å². The molecule has 1 aliphatic carbocycles. The van der Waals surface area contributed by atoms with E-state index in [0.717, 1.165) is 17.6 Å². The van der Waals surface area contributed by atoms with E-state index in [9.17, 15) is 39.9 Å². The van der Waals surface area contributed by atoms with Crippen molar-refractivity contribution in [1.29, 1.82) is 0 Å². The molecular formula is C58H89NO14. The number of aliphatic hydroxyl groups is 5. The highest BCUT2D eigenvalue weighted by Crippen LogP contribution is 2.43. The smallest absolute Gasteiger partial charge is 0.329 e. The maximum absolute atomic E-state index is 14.6. The van der Waals surface area contributed by atoms with Gasteiger partial charge in [0.05, 0.1) is 44.7 Å². The minimum absolute atomic E-state index is 0.0229. The minimum Gasteiger partial charge on any atom is -0.497 e. The number of hydrogen-bond acceptors (Lipinski definition) is 14. The highest BCUT2D eigenvalue weighted by atomic mass is 16.6. The fraction of sp³-hybridized carbons (Fsp3) is 0.707. The molecule has 3 unspecified atom stereocenters. The number of benzene rings is 1. The predicted molar refractivity (Wildman–Crippen MR) is 279 cm³/mol. The quantitative estimate of drug-likeness (QED) is 0.0968. The average molecular weight is 1020 g/mol. The zero-order valence-corrected chi connectivity index (χ0v) is 45.5. The number of fused-ring (bicyclic) bond motifs is 3. The number of allylic oxidation sites excluding steroid dienone is 6. The number of hydrogen-bond donors (Lipinski definition) is 5. The van der Waals surface area contributed by atoms with Crippen LogP contribution in [0.1, 0.15) is 137 Å². The maximum atomic E-state index is 14.6. The van der Waals surface area contributed by atoms with E-state index >= 15 is 0 Å². The second-order valence-corrected chi connectivity index (χ2v) is 21.9. The Morgan fingerprint density at radius 1 is 0.808 bits per heavy atom. The van der Waals surface area contributed by atoms with Crippen molar-refractivity contribution in [2.75, 3.05) is 35.0 Å². The second-order valence-electron chi connectivity index (χ2n) is 21.9. The number of Topliss-reactive ketones (excluding diaryl/α,β-unsaturated/α-hetero) is 1. The van der Waals surface area contributed by atoms with Crippen molar-refractivity contribution in [3.63, 3.8) is 0 Å². The van der Waals surface area contributed by atoms with Crippen LogP contribution in [0.5, 0.6) is 11.5 Å². The molecule has 3 heterocycles. The summed E-state index contributed by atoms with van der Waals surface area (Å²) in [6, 6.07) is 4.46. The van der Waals surface area contributed by atoms with E-state index in [4.69, 9.17) is 28.4 Å². The summed E-state index contributed by atoms with van der Waals surface area (Å²) < 4.78 is 35.5. The number of ether oxygens (including phenoxy) is 6. The largest absolute Gasteiger partial charge is 0.497 e. The van der Waals surface area contributed by atoms with E-state index in [1.165, 1.54) is 12.0 Å². The summed E-state index contributed by atoms with van der Waals surface area (Å²) in [5.41, 5.74) is 2.29. The summed E-state index contributed by atoms with van der Waals surface area (Å²) in [7, 11) is 6.21. The van der Waals surface area contributed by atoms with Crippen LogP contribution in [-0.4, -0.2) is 144 Å². The third kappa shape index (κ3) is 15.4. The molecule has 0 spiro atoms. The molecule has 17 atom stereocenters. The van der Waals surface area contributed by atoms with Gasteiger partial charge in [0, 0.05) is 56.6 Å². The summed E-state index contributed by atoms with van der Waals surface area (Å²) in [6.07, 6.45) is 10.8. The number of carbonyl (C=O) groups excluding carboxylic acids is 3. The van der Waals surface area contributed by atoms with Crippen molar-refractivity contribution in [2.24, 2.45) is 35.5 Å². The number of rotatable bonds is 8. The van der Waals surface area contributed by atoms with Crippen LogP contribution >= 0.6 is 0 Å². The van der Waals surface area contributed by atoms with Crippen molar-refractivity contribution in [3.05, 3.63) is 71.4 Å². The molecule has 1 saturated carbocycles. The van der Waals surface area contributed by atoms with Crippen LogP contribution in [0.15, 0.2) is 65.8 Å². The molecule has 2 saturated heterocycles. The number of amides is 1. The lowest BCUT2D eigenvalue weighted by Crippen LogP contribution is -2.60. The van der Waals surface area contributed by atoms with Gasteiger partial charge in [0.2, 0.25) is 5.79 Å². The Labute approximate surface area is 435 Å². The molecule has 1 amide bonds. The molecular weight excluding hydrogens is 935 g/mol. The van der Waals surface area contributed by atoms with Gasteiger partial charge in [-0.25, -0.2) is 4.79 Å². The normalized spacial score (nSPS) is 39.2. The summed E-state index contributed by atoms with van der Waals surface area (Å²) in [5.74, 6) is -6.05. The number of aliphatic hydroxyl groups excluding tert-OH is 4. The van der Waals surface area contributed by atoms with E-state index in [1.807, 2.05) is 70.2 Å². The molecule has 15 heteroatoms. The van der Waals surface area contributed by atoms with Gasteiger partial charge >= 0.3 is 5.97 Å². The fourth-order valence-corrected chi connectivity index (χ4v) is 11.7. The summed E-state index contributed by atoms with van der Waals surface area (Å²) in [4.78, 5) is 44.9. The Kier molecular flexibility index (Phi) is 22.8. The molecule has 1 aromatic carbocycles. The van der Waals surface area contributed by atoms with Gasteiger partial charge in [-0.3, -0.25) is 9.59 Å². The highest BCUT2D eigenvalue weighted by molar-refractivity contribution is 6.39. The Morgan fingerprint density at radius 2 is 1.55 bits per heavy atom. The minimum atomic E-state index is -2.47. The molecule has 15 nitrogen and oxygen atoms in total. The fourth-order valence-electron chi connectivity index (χ4n) is 11.7. The third-order valence-corrected chi connectivity index (χ3v) is 16.5. The lowest BCUT2D eigenvalue weighted by atomic mass is 9.78. The average Bonchev–Trinajstić information content (AvgIpc) is 3.38. The number of piperidine rings is 1. The van der Waals surface area contributed by atoms with Crippen molar-refractivity contribution < 1.29 is 68.3 Å². The molecule has 4 aliphatic rings. The number of nitrogens with zero attached hydrogens (tertiary/aromatic N) is 1. The lowest BCUT2D eigenvalue weighted by molar-refractivity contribution is -0.264. The standard InChI is InChI=1S/C58H89NO14/c1-34-17-13-12-14-18-35(2)45(44-24-23-42(68-8)32-50(44)69-9)31-43-22-20-40(7)58(67,73-43)55(64)56(65)59-26-16-15-19-46(59)57(66)72-49(37(4)29-41-21-25-47(60)51(30-41)70-10)33-48(61)36(3)28-39(6)53(63)54(71-11)52(62)38(5)27-34/h12-14,17-18,23-24,28,32,34,36-38,40-41,43,45-49,51-54,60-63,67H,15-16,19-22,25-27,29-31,33H2,1-11H3/b14-12+,17-13+,35-18+,39-28+/t34-,36-,37-,38-,40-,41?,43+,45+,46?,47-,48+,49?,51-,52+,53-,54+,58-/m1/s1. The van der Waals surface area contributed by atoms with Gasteiger partial charge in [-0.15, -0.1) is 0 Å². The molecule has 0 radical (unpaired) electrons. The van der Waals surface area contributed by atoms with Gasteiger partial charge in [0.1, 0.15) is 35.9 Å². The Hall–Kier alpha value is -3.93. The molecule has 73 heavy (non-hydrogen) atoms. The van der Waals surface area contributed by atoms with Crippen LogP contribution in [0, 0.1) is 35.5 Å². The van der Waals surface area contributed by atoms with Crippen LogP contribution in [0.3, 0.4) is 0 Å². The number of methoxy groups -OCH3 is 4. The van der Waals surface area contributed by atoms with E-state index in [1.54, 1.807) is 41.3 Å². The molecule has 3 fully saturated rings. The van der Waals surface area contributed by atoms with Gasteiger partial charge < -0.3 is 58.9 Å². The predicted octanol–water partition coefficient (Wildman–Crippen LogP) is 7.55. The summed E-state index contributed by atoms with van der Waals surface area (Å²) in [5, 5.41) is 58.0. The Bertz CT molecular complexity index is 2090. The van der Waals surface area contributed by atoms with E-state index < -0.39 is 84.1 Å². The van der Waals surface area contributed by atoms with Crippen LogP contribution < -0.4 is 9.47 Å². The Morgan fingerprint density at radius 3 is 2.23 bits per heavy atom. The number of cyclic esters (lactones) is 1. The first-order valence-electron chi connectivity index (χ1n) is 26.8. The van der Waals surface area contributed by atoms with Crippen LogP contribution in [0.4, 0.5) is 0 Å². The summed E-state index contributed by atoms with van der Waals surface area (Å²) in [6.45, 7) is 13.3. The first kappa shape index (κ1) is 59.9. The maximum Gasteiger partial charge on any atom is 0.329 e. The van der Waals surface area contributed by atoms with E-state index in [2.05, 4.69) is 13.0 Å². The van der Waals surface area contributed by atoms with Gasteiger partial charge in [0.15, 0.2) is 0 Å². The van der Waals surface area contributed by atoms with Crippen molar-refractivity contribution in [2.45, 2.75) is 192 Å². The molecule has 410 valence electrons. The van der Waals surface area contributed by atoms with Crippen LogP contribution in [0.25, 0.3) is 0 Å². The number of ketones is 1. The zero-order chi connectivity index (χ0) is 53.7. The van der Waals surface area contributed by atoms with Gasteiger partial charge in [-0.2, -0.15) is 0 Å². The first-order valence-corrected chi connectivity index (χ1v) is 26.8. The summed E-state index contributed by atoms with van der Waals surface area (Å²) >= 11 is 0. The zero-order valence-electron chi connectivity index (χ0n) is 45.5. The van der Waals surface area contributed by atoms with Gasteiger partial charge in [-0.05, 0) is 120 Å². The van der Waals surface area contributed by atoms with Crippen LogP contribution in [-0.2, 0) is 33.3 Å². The first-order chi connectivity index (χ1) is 34.7. The molecule has 1 aromatic rings. The monoisotopic (exact) mass is 1020 g/mol. The number of esters is 1. The molecule has 3 aliphatic heterocycles. The SMILES string of the molecule is COc1ccc([C@H]2C[C@@H]3CC[C@@H](C)[C@@](O)(O3)C(=O)C(=O)N3CCCCC3C(=O)OC([C@H](C)CC3CC[C@@H](O)[C@H](OC)C3)C[C@H](O)[C@H](C)/C=C(\C)[C@@H](O)[C@@H](OC)[C@@H](O)[C@H](C)C[C@H](C)/C=C/C=C/C=C/2C)c(OC)c1. The molecule has 5 N–H and O–H groups in total. The second kappa shape index (κ2) is 27.7. The lowest BCUT2D eigenvalue weighted by Gasteiger charge is -2.43. The van der Waals surface area contributed by atoms with Crippen LogP contribution in [0.2, 0.25) is 0 Å². The molecule has 0 aromatic heterocycles. The molecule has 2 bridgehead atoms. The Balaban J connectivity index is 1.53. The van der Waals surface area contributed by atoms with Gasteiger partial charge in [-0.1, -0.05) is 82.7 Å². The highest BCUT2D eigenvalue weighted by Gasteiger charge is 2.53. The molecule has 5 rings (SSSR count). The van der Waals surface area contributed by atoms with Crippen molar-refractivity contribution in [3.8, 4) is 11.5 Å². The van der Waals surface area contributed by atoms with Crippen molar-refractivity contribution in [1.82, 2.24) is 4.90 Å².